The van der Waals surface area contributed by atoms with Crippen molar-refractivity contribution in [2.45, 2.75) is 25.4 Å². The minimum absolute atomic E-state index is 0. The zero-order valence-electron chi connectivity index (χ0n) is 14.4. The van der Waals surface area contributed by atoms with E-state index in [1.54, 1.807) is 0 Å². The van der Waals surface area contributed by atoms with Crippen LogP contribution in [0.4, 0.5) is 0 Å². The molecule has 2 heterocycles. The van der Waals surface area contributed by atoms with Gasteiger partial charge in [0.15, 0.2) is 5.82 Å². The summed E-state index contributed by atoms with van der Waals surface area (Å²) in [4.78, 5) is 18.3. The van der Waals surface area contributed by atoms with Gasteiger partial charge in [-0.2, -0.15) is 4.98 Å². The molecule has 0 bridgehead atoms. The van der Waals surface area contributed by atoms with Crippen molar-refractivity contribution in [3.05, 3.63) is 47.6 Å². The molecule has 0 radical (unpaired) electrons. The number of carbonyl (C=O) groups excluding carboxylic acids is 1. The van der Waals surface area contributed by atoms with Crippen molar-refractivity contribution in [3.8, 4) is 0 Å². The maximum atomic E-state index is 11.5. The van der Waals surface area contributed by atoms with Crippen molar-refractivity contribution >= 4 is 18.3 Å². The molecule has 0 saturated carbocycles. The first kappa shape index (κ1) is 19.4. The lowest BCUT2D eigenvalue weighted by Gasteiger charge is -2.30. The van der Waals surface area contributed by atoms with Crippen LogP contribution in [-0.4, -0.2) is 47.6 Å². The topological polar surface area (TPSA) is 83.3 Å². The predicted molar refractivity (Wildman–Crippen MR) is 96.5 cm³/mol. The molecule has 7 nitrogen and oxygen atoms in total. The van der Waals surface area contributed by atoms with Gasteiger partial charge < -0.3 is 15.2 Å². The minimum Gasteiger partial charge on any atom is -0.349 e. The Labute approximate surface area is 153 Å². The number of halogens is 1. The van der Waals surface area contributed by atoms with E-state index in [1.165, 1.54) is 6.92 Å². The molecule has 2 N–H and O–H groups in total. The maximum absolute atomic E-state index is 11.5. The quantitative estimate of drug-likeness (QED) is 0.835. The summed E-state index contributed by atoms with van der Waals surface area (Å²) in [5.74, 6) is 1.14. The van der Waals surface area contributed by atoms with Gasteiger partial charge in [0.25, 0.3) is 0 Å². The number of nitrogens with one attached hydrogen (secondary N) is 2. The van der Waals surface area contributed by atoms with Crippen LogP contribution in [0.25, 0.3) is 0 Å². The van der Waals surface area contributed by atoms with E-state index in [0.717, 1.165) is 25.2 Å². The lowest BCUT2D eigenvalue weighted by atomic mass is 10.0. The maximum Gasteiger partial charge on any atom is 0.229 e. The summed E-state index contributed by atoms with van der Waals surface area (Å²) >= 11 is 0. The van der Waals surface area contributed by atoms with Crippen LogP contribution in [-0.2, 0) is 11.2 Å². The van der Waals surface area contributed by atoms with E-state index >= 15 is 0 Å². The summed E-state index contributed by atoms with van der Waals surface area (Å²) in [5, 5.41) is 10.4. The second-order valence-electron chi connectivity index (χ2n) is 6.11. The molecule has 2 atom stereocenters. The summed E-state index contributed by atoms with van der Waals surface area (Å²) in [7, 11) is 2.06. The molecule has 1 saturated heterocycles. The van der Waals surface area contributed by atoms with Crippen molar-refractivity contribution in [1.82, 2.24) is 25.7 Å². The van der Waals surface area contributed by atoms with E-state index in [2.05, 4.69) is 32.7 Å². The molecule has 0 aliphatic carbocycles. The van der Waals surface area contributed by atoms with Gasteiger partial charge in [0, 0.05) is 26.6 Å². The molecule has 1 aliphatic heterocycles. The van der Waals surface area contributed by atoms with Gasteiger partial charge in [-0.25, -0.2) is 0 Å². The first-order valence-electron chi connectivity index (χ1n) is 8.19. The summed E-state index contributed by atoms with van der Waals surface area (Å²) in [6, 6.07) is 9.75. The Kier molecular flexibility index (Phi) is 6.92. The Balaban J connectivity index is 0.00000225. The Morgan fingerprint density at radius 2 is 2.20 bits per heavy atom. The Morgan fingerprint density at radius 1 is 1.44 bits per heavy atom. The van der Waals surface area contributed by atoms with Gasteiger partial charge in [-0.05, 0) is 12.6 Å². The fraction of sp³-hybridized carbons (Fsp3) is 0.471. The fourth-order valence-electron chi connectivity index (χ4n) is 2.94. The van der Waals surface area contributed by atoms with Crippen molar-refractivity contribution in [3.63, 3.8) is 0 Å². The lowest BCUT2D eigenvalue weighted by Crippen LogP contribution is -2.44. The monoisotopic (exact) mass is 365 g/mol. The number of likely N-dealkylation sites (N-methyl/N-ethyl adjacent to an activating group) is 1. The van der Waals surface area contributed by atoms with Gasteiger partial charge in [-0.3, -0.25) is 9.69 Å². The summed E-state index contributed by atoms with van der Waals surface area (Å²) in [6.07, 6.45) is 0.473. The molecule has 2 aromatic rings. The largest absolute Gasteiger partial charge is 0.349 e. The number of piperazine rings is 1. The van der Waals surface area contributed by atoms with E-state index in [1.807, 2.05) is 30.3 Å². The summed E-state index contributed by atoms with van der Waals surface area (Å²) < 4.78 is 5.43. The fourth-order valence-corrected chi connectivity index (χ4v) is 2.94. The number of carbonyl (C=O) groups is 1. The van der Waals surface area contributed by atoms with Crippen molar-refractivity contribution in [1.29, 1.82) is 0 Å². The van der Waals surface area contributed by atoms with Gasteiger partial charge in [-0.15, -0.1) is 12.4 Å². The van der Waals surface area contributed by atoms with E-state index in [9.17, 15) is 4.79 Å². The molecular formula is C17H24ClN5O2. The van der Waals surface area contributed by atoms with E-state index in [-0.39, 0.29) is 30.4 Å². The average Bonchev–Trinajstić information content (AvgIpc) is 3.03. The Hall–Kier alpha value is -1.96. The number of benzene rings is 1. The van der Waals surface area contributed by atoms with Crippen molar-refractivity contribution in [2.24, 2.45) is 0 Å². The van der Waals surface area contributed by atoms with Gasteiger partial charge in [-0.1, -0.05) is 35.5 Å². The number of amides is 1. The standard InChI is InChI=1S/C17H23N5O2.ClH/c1-12(23)19-14(13-6-4-3-5-7-13)10-16-20-17(21-24-16)15-11-18-8-9-22(15)2;/h3-7,14-15,18H,8-11H2,1-2H3,(H,19,23);1H. The number of rotatable bonds is 5. The molecule has 0 spiro atoms. The second-order valence-corrected chi connectivity index (χ2v) is 6.11. The molecule has 3 rings (SSSR count). The molecule has 1 amide bonds. The third kappa shape index (κ3) is 5.01. The molecule has 1 fully saturated rings. The molecule has 1 aromatic carbocycles. The highest BCUT2D eigenvalue weighted by molar-refractivity contribution is 5.85. The SMILES string of the molecule is CC(=O)NC(Cc1nc(C2CNCCN2C)no1)c1ccccc1.Cl. The van der Waals surface area contributed by atoms with Crippen LogP contribution in [0, 0.1) is 0 Å². The van der Waals surface area contributed by atoms with Crippen LogP contribution in [0.3, 0.4) is 0 Å². The zero-order valence-corrected chi connectivity index (χ0v) is 15.3. The second kappa shape index (κ2) is 8.94. The third-order valence-electron chi connectivity index (χ3n) is 4.25. The first-order chi connectivity index (χ1) is 11.6. The van der Waals surface area contributed by atoms with Crippen LogP contribution in [0.5, 0.6) is 0 Å². The number of hydrogen-bond donors (Lipinski definition) is 2. The molecule has 1 aliphatic rings. The normalized spacial score (nSPS) is 19.0. The van der Waals surface area contributed by atoms with Crippen molar-refractivity contribution in [2.75, 3.05) is 26.7 Å². The molecular weight excluding hydrogens is 342 g/mol. The smallest absolute Gasteiger partial charge is 0.229 e. The number of nitrogens with zero attached hydrogens (tertiary/aromatic N) is 3. The van der Waals surface area contributed by atoms with Crippen LogP contribution in [0.2, 0.25) is 0 Å². The number of aromatic nitrogens is 2. The van der Waals surface area contributed by atoms with E-state index in [0.29, 0.717) is 18.1 Å². The first-order valence-corrected chi connectivity index (χ1v) is 8.19. The highest BCUT2D eigenvalue weighted by Gasteiger charge is 2.26. The molecule has 136 valence electrons. The summed E-state index contributed by atoms with van der Waals surface area (Å²) in [5.41, 5.74) is 1.02. The van der Waals surface area contributed by atoms with Crippen molar-refractivity contribution < 1.29 is 9.32 Å². The predicted octanol–water partition coefficient (Wildman–Crippen LogP) is 1.49. The van der Waals surface area contributed by atoms with E-state index in [4.69, 9.17) is 4.52 Å². The van der Waals surface area contributed by atoms with Gasteiger partial charge in [0.1, 0.15) is 0 Å². The number of hydrogen-bond acceptors (Lipinski definition) is 6. The third-order valence-corrected chi connectivity index (χ3v) is 4.25. The highest BCUT2D eigenvalue weighted by atomic mass is 35.5. The highest BCUT2D eigenvalue weighted by Crippen LogP contribution is 2.21. The van der Waals surface area contributed by atoms with Crippen LogP contribution < -0.4 is 10.6 Å². The van der Waals surface area contributed by atoms with E-state index < -0.39 is 0 Å². The lowest BCUT2D eigenvalue weighted by molar-refractivity contribution is -0.119. The summed E-state index contributed by atoms with van der Waals surface area (Å²) in [6.45, 7) is 4.24. The molecule has 8 heteroatoms. The van der Waals surface area contributed by atoms with Crippen LogP contribution >= 0.6 is 12.4 Å². The Morgan fingerprint density at radius 3 is 2.88 bits per heavy atom. The molecule has 2 unspecified atom stereocenters. The van der Waals surface area contributed by atoms with Crippen LogP contribution in [0.1, 0.15) is 36.3 Å². The molecule has 1 aromatic heterocycles. The Bertz CT molecular complexity index is 679. The van der Waals surface area contributed by atoms with Gasteiger partial charge in [0.05, 0.1) is 18.5 Å². The van der Waals surface area contributed by atoms with Gasteiger partial charge >= 0.3 is 0 Å². The van der Waals surface area contributed by atoms with Crippen LogP contribution in [0.15, 0.2) is 34.9 Å². The minimum atomic E-state index is -0.181. The average molecular weight is 366 g/mol. The van der Waals surface area contributed by atoms with Gasteiger partial charge in [0.2, 0.25) is 11.8 Å². The molecule has 25 heavy (non-hydrogen) atoms. The zero-order chi connectivity index (χ0) is 16.9.